The van der Waals surface area contributed by atoms with Crippen LogP contribution in [0.2, 0.25) is 0 Å². The Bertz CT molecular complexity index is 515. The van der Waals surface area contributed by atoms with E-state index in [1.54, 1.807) is 0 Å². The molecule has 1 aliphatic heterocycles. The lowest BCUT2D eigenvalue weighted by atomic mass is 9.86. The van der Waals surface area contributed by atoms with Crippen LogP contribution in [0.15, 0.2) is 18.2 Å². The maximum atomic E-state index is 13.7. The summed E-state index contributed by atoms with van der Waals surface area (Å²) in [4.78, 5) is 12.2. The van der Waals surface area contributed by atoms with E-state index in [-0.39, 0.29) is 17.2 Å². The fourth-order valence-electron chi connectivity index (χ4n) is 2.87. The lowest BCUT2D eigenvalue weighted by Gasteiger charge is -2.40. The molecule has 1 aromatic carbocycles. The highest BCUT2D eigenvalue weighted by Gasteiger charge is 2.35. The maximum Gasteiger partial charge on any atom is 0.254 e. The molecule has 1 aliphatic rings. The van der Waals surface area contributed by atoms with Crippen LogP contribution < -0.4 is 11.1 Å². The first-order chi connectivity index (χ1) is 9.99. The molecule has 21 heavy (non-hydrogen) atoms. The van der Waals surface area contributed by atoms with Crippen molar-refractivity contribution in [1.82, 2.24) is 5.32 Å². The summed E-state index contributed by atoms with van der Waals surface area (Å²) in [5.41, 5.74) is 5.82. The van der Waals surface area contributed by atoms with E-state index in [2.05, 4.69) is 19.2 Å². The van der Waals surface area contributed by atoms with Gasteiger partial charge in [-0.25, -0.2) is 4.39 Å². The number of rotatable bonds is 4. The fourth-order valence-corrected chi connectivity index (χ4v) is 2.87. The van der Waals surface area contributed by atoms with Gasteiger partial charge >= 0.3 is 0 Å². The van der Waals surface area contributed by atoms with Crippen LogP contribution in [0, 0.1) is 5.82 Å². The molecule has 2 rings (SSSR count). The number of nitrogens with one attached hydrogen (secondary N) is 1. The minimum absolute atomic E-state index is 0.0000822. The van der Waals surface area contributed by atoms with E-state index in [9.17, 15) is 9.18 Å². The molecule has 3 N–H and O–H groups in total. The lowest BCUT2D eigenvalue weighted by molar-refractivity contribution is -0.0917. The summed E-state index contributed by atoms with van der Waals surface area (Å²) < 4.78 is 19.6. The second-order valence-electron chi connectivity index (χ2n) is 5.64. The highest BCUT2D eigenvalue weighted by molar-refractivity contribution is 5.95. The minimum atomic E-state index is -0.550. The van der Waals surface area contributed by atoms with Gasteiger partial charge in [0.25, 0.3) is 5.91 Å². The second kappa shape index (κ2) is 6.43. The van der Waals surface area contributed by atoms with Gasteiger partial charge in [-0.3, -0.25) is 4.79 Å². The lowest BCUT2D eigenvalue weighted by Crippen LogP contribution is -2.48. The van der Waals surface area contributed by atoms with E-state index in [0.29, 0.717) is 12.3 Å². The van der Waals surface area contributed by atoms with Crippen LogP contribution in [0.1, 0.15) is 49.9 Å². The predicted molar refractivity (Wildman–Crippen MR) is 80.6 cm³/mol. The average molecular weight is 294 g/mol. The number of ether oxygens (including phenoxy) is 1. The number of amides is 1. The Morgan fingerprint density at radius 1 is 1.48 bits per heavy atom. The van der Waals surface area contributed by atoms with E-state index in [1.807, 2.05) is 0 Å². The number of hydrogen-bond donors (Lipinski definition) is 2. The highest BCUT2D eigenvalue weighted by Crippen LogP contribution is 2.31. The van der Waals surface area contributed by atoms with Crippen LogP contribution >= 0.6 is 0 Å². The molecule has 0 aromatic heterocycles. The zero-order valence-electron chi connectivity index (χ0n) is 12.6. The van der Waals surface area contributed by atoms with Gasteiger partial charge in [-0.05, 0) is 43.9 Å². The molecule has 0 spiro atoms. The van der Waals surface area contributed by atoms with Crippen molar-refractivity contribution in [2.45, 2.75) is 51.2 Å². The topological polar surface area (TPSA) is 64.4 Å². The monoisotopic (exact) mass is 294 g/mol. The number of carbonyl (C=O) groups excluding carboxylic acids is 1. The molecule has 4 nitrogen and oxygen atoms in total. The van der Waals surface area contributed by atoms with Crippen LogP contribution in [0.5, 0.6) is 0 Å². The van der Waals surface area contributed by atoms with Crippen molar-refractivity contribution >= 4 is 11.6 Å². The summed E-state index contributed by atoms with van der Waals surface area (Å²) in [6.45, 7) is 4.79. The van der Waals surface area contributed by atoms with Gasteiger partial charge in [0.2, 0.25) is 0 Å². The Morgan fingerprint density at radius 3 is 2.86 bits per heavy atom. The first-order valence-corrected chi connectivity index (χ1v) is 7.49. The molecule has 1 unspecified atom stereocenters. The predicted octanol–water partition coefficient (Wildman–Crippen LogP) is 2.88. The van der Waals surface area contributed by atoms with Gasteiger partial charge < -0.3 is 15.8 Å². The molecular formula is C16H23FN2O2. The Morgan fingerprint density at radius 2 is 2.19 bits per heavy atom. The minimum Gasteiger partial charge on any atom is -0.399 e. The van der Waals surface area contributed by atoms with Crippen LogP contribution in [-0.2, 0) is 4.74 Å². The van der Waals surface area contributed by atoms with Gasteiger partial charge in [-0.15, -0.1) is 0 Å². The van der Waals surface area contributed by atoms with Crippen LogP contribution in [-0.4, -0.2) is 24.2 Å². The summed E-state index contributed by atoms with van der Waals surface area (Å²) in [5.74, 6) is -0.959. The van der Waals surface area contributed by atoms with Crippen LogP contribution in [0.3, 0.4) is 0 Å². The van der Waals surface area contributed by atoms with Crippen LogP contribution in [0.4, 0.5) is 10.1 Å². The van der Waals surface area contributed by atoms with Gasteiger partial charge in [0.1, 0.15) is 5.82 Å². The Labute approximate surface area is 124 Å². The standard InChI is InChI=1S/C16H23FN2O2/c1-3-16(4-2)10-12(7-8-21-16)19-15(20)13-9-11(18)5-6-14(13)17/h5-6,9,12H,3-4,7-8,10,18H2,1-2H3,(H,19,20). The van der Waals surface area contributed by atoms with Crippen molar-refractivity contribution in [3.8, 4) is 0 Å². The molecule has 116 valence electrons. The van der Waals surface area contributed by atoms with Gasteiger partial charge in [0, 0.05) is 18.3 Å². The fraction of sp³-hybridized carbons (Fsp3) is 0.562. The zero-order chi connectivity index (χ0) is 15.5. The number of halogens is 1. The third-order valence-corrected chi connectivity index (χ3v) is 4.35. The van der Waals surface area contributed by atoms with E-state index < -0.39 is 11.7 Å². The normalized spacial score (nSPS) is 21.0. The summed E-state index contributed by atoms with van der Waals surface area (Å²) in [6, 6.07) is 4.04. The molecule has 0 radical (unpaired) electrons. The van der Waals surface area contributed by atoms with Crippen molar-refractivity contribution in [2.24, 2.45) is 0 Å². The number of anilines is 1. The van der Waals surface area contributed by atoms with E-state index >= 15 is 0 Å². The van der Waals surface area contributed by atoms with Gasteiger partial charge in [-0.2, -0.15) is 0 Å². The molecule has 5 heteroatoms. The van der Waals surface area contributed by atoms with Crippen LogP contribution in [0.25, 0.3) is 0 Å². The van der Waals surface area contributed by atoms with E-state index in [4.69, 9.17) is 10.5 Å². The van der Waals surface area contributed by atoms with E-state index in [1.165, 1.54) is 18.2 Å². The molecule has 0 saturated carbocycles. The van der Waals surface area contributed by atoms with Gasteiger partial charge in [-0.1, -0.05) is 13.8 Å². The summed E-state index contributed by atoms with van der Waals surface area (Å²) in [5, 5.41) is 2.91. The summed E-state index contributed by atoms with van der Waals surface area (Å²) in [6.07, 6.45) is 3.32. The quantitative estimate of drug-likeness (QED) is 0.839. The molecule has 0 aliphatic carbocycles. The zero-order valence-corrected chi connectivity index (χ0v) is 12.6. The maximum absolute atomic E-state index is 13.7. The molecule has 1 fully saturated rings. The van der Waals surface area contributed by atoms with Crippen molar-refractivity contribution < 1.29 is 13.9 Å². The SMILES string of the molecule is CCC1(CC)CC(NC(=O)c2cc(N)ccc2F)CCO1. The van der Waals surface area contributed by atoms with Gasteiger partial charge in [0.05, 0.1) is 11.2 Å². The number of carbonyl (C=O) groups is 1. The first kappa shape index (κ1) is 15.8. The van der Waals surface area contributed by atoms with Gasteiger partial charge in [0.15, 0.2) is 0 Å². The highest BCUT2D eigenvalue weighted by atomic mass is 19.1. The molecule has 0 bridgehead atoms. The largest absolute Gasteiger partial charge is 0.399 e. The van der Waals surface area contributed by atoms with Crippen molar-refractivity contribution in [2.75, 3.05) is 12.3 Å². The van der Waals surface area contributed by atoms with E-state index in [0.717, 1.165) is 25.7 Å². The summed E-state index contributed by atoms with van der Waals surface area (Å²) >= 11 is 0. The third kappa shape index (κ3) is 3.53. The van der Waals surface area contributed by atoms with Crippen molar-refractivity contribution in [3.63, 3.8) is 0 Å². The Balaban J connectivity index is 2.07. The smallest absolute Gasteiger partial charge is 0.254 e. The molecule has 1 aromatic rings. The number of nitrogens with two attached hydrogens (primary N) is 1. The number of hydrogen-bond acceptors (Lipinski definition) is 3. The second-order valence-corrected chi connectivity index (χ2v) is 5.64. The molecular weight excluding hydrogens is 271 g/mol. The average Bonchev–Trinajstić information content (AvgIpc) is 2.49. The van der Waals surface area contributed by atoms with Crippen molar-refractivity contribution in [1.29, 1.82) is 0 Å². The molecule has 1 heterocycles. The third-order valence-electron chi connectivity index (χ3n) is 4.35. The number of nitrogen functional groups attached to an aromatic ring is 1. The Hall–Kier alpha value is -1.62. The molecule has 1 saturated heterocycles. The van der Waals surface area contributed by atoms with Crippen molar-refractivity contribution in [3.05, 3.63) is 29.6 Å². The molecule has 1 amide bonds. The number of benzene rings is 1. The first-order valence-electron chi connectivity index (χ1n) is 7.49. The summed E-state index contributed by atoms with van der Waals surface area (Å²) in [7, 11) is 0. The molecule has 1 atom stereocenters. The Kier molecular flexibility index (Phi) is 4.83.